The predicted molar refractivity (Wildman–Crippen MR) is 74.2 cm³/mol. The highest BCUT2D eigenvalue weighted by Crippen LogP contribution is 2.62. The van der Waals surface area contributed by atoms with E-state index >= 15 is 0 Å². The van der Waals surface area contributed by atoms with E-state index in [-0.39, 0.29) is 0 Å². The Morgan fingerprint density at radius 1 is 1.41 bits per heavy atom. The molecule has 0 saturated heterocycles. The van der Waals surface area contributed by atoms with Crippen LogP contribution in [0.4, 0.5) is 0 Å². The molecule has 0 amide bonds. The second-order valence-electron chi connectivity index (χ2n) is 6.86. The first-order valence-electron chi connectivity index (χ1n) is 6.77. The lowest BCUT2D eigenvalue weighted by molar-refractivity contribution is 0.108. The summed E-state index contributed by atoms with van der Waals surface area (Å²) in [6, 6.07) is 2.92. The molecule has 1 aromatic rings. The van der Waals surface area contributed by atoms with Gasteiger partial charge in [0.1, 0.15) is 0 Å². The van der Waals surface area contributed by atoms with Crippen LogP contribution in [0.3, 0.4) is 0 Å². The summed E-state index contributed by atoms with van der Waals surface area (Å²) in [4.78, 5) is 0. The molecule has 2 heteroatoms. The molecule has 0 radical (unpaired) electrons. The van der Waals surface area contributed by atoms with Crippen molar-refractivity contribution in [3.8, 4) is 0 Å². The number of nitrogens with one attached hydrogen (secondary N) is 1. The molecule has 0 aromatic carbocycles. The summed E-state index contributed by atoms with van der Waals surface area (Å²) in [5.74, 6) is 0.937. The highest BCUT2D eigenvalue weighted by Gasteiger charge is 2.58. The molecule has 2 fully saturated rings. The maximum absolute atomic E-state index is 3.85. The Balaban J connectivity index is 1.74. The van der Waals surface area contributed by atoms with E-state index in [4.69, 9.17) is 0 Å². The largest absolute Gasteiger partial charge is 0.309 e. The standard InChI is InChI=1S/C15H23NS/c1-14(2)12-4-6-15(3,8-12)13(14)16-9-11-5-7-17-10-11/h5,7,10,12-13,16H,4,6,8-9H2,1-3H3/t12-,13?,15+/m0/s1. The Kier molecular flexibility index (Phi) is 2.64. The molecule has 94 valence electrons. The van der Waals surface area contributed by atoms with Crippen molar-refractivity contribution < 1.29 is 0 Å². The third kappa shape index (κ3) is 1.77. The van der Waals surface area contributed by atoms with E-state index in [0.717, 1.165) is 12.5 Å². The average molecular weight is 249 g/mol. The van der Waals surface area contributed by atoms with Crippen LogP contribution in [-0.2, 0) is 6.54 Å². The minimum atomic E-state index is 0.475. The number of fused-ring (bicyclic) bond motifs is 2. The number of hydrogen-bond acceptors (Lipinski definition) is 2. The van der Waals surface area contributed by atoms with E-state index in [9.17, 15) is 0 Å². The molecule has 2 bridgehead atoms. The molecule has 2 aliphatic rings. The maximum Gasteiger partial charge on any atom is 0.0216 e. The maximum atomic E-state index is 3.85. The summed E-state index contributed by atoms with van der Waals surface area (Å²) in [5, 5.41) is 8.28. The van der Waals surface area contributed by atoms with Crippen LogP contribution in [0.5, 0.6) is 0 Å². The van der Waals surface area contributed by atoms with Crippen LogP contribution in [0.15, 0.2) is 16.8 Å². The Morgan fingerprint density at radius 2 is 2.24 bits per heavy atom. The van der Waals surface area contributed by atoms with Crippen LogP contribution in [0.2, 0.25) is 0 Å². The van der Waals surface area contributed by atoms with Gasteiger partial charge in [-0.05, 0) is 58.4 Å². The van der Waals surface area contributed by atoms with Gasteiger partial charge in [0.25, 0.3) is 0 Å². The van der Waals surface area contributed by atoms with Crippen molar-refractivity contribution in [3.63, 3.8) is 0 Å². The van der Waals surface area contributed by atoms with Crippen molar-refractivity contribution in [1.82, 2.24) is 5.32 Å². The van der Waals surface area contributed by atoms with Gasteiger partial charge in [0.05, 0.1) is 0 Å². The zero-order valence-corrected chi connectivity index (χ0v) is 11.9. The zero-order chi connectivity index (χ0) is 12.1. The first-order valence-corrected chi connectivity index (χ1v) is 7.71. The fourth-order valence-corrected chi connectivity index (χ4v) is 5.09. The molecular weight excluding hydrogens is 226 g/mol. The van der Waals surface area contributed by atoms with Crippen molar-refractivity contribution in [3.05, 3.63) is 22.4 Å². The van der Waals surface area contributed by atoms with E-state index < -0.39 is 0 Å². The monoisotopic (exact) mass is 249 g/mol. The zero-order valence-electron chi connectivity index (χ0n) is 11.1. The summed E-state index contributed by atoms with van der Waals surface area (Å²) in [5.41, 5.74) is 2.46. The Bertz CT molecular complexity index is 390. The van der Waals surface area contributed by atoms with Crippen molar-refractivity contribution in [2.75, 3.05) is 0 Å². The second-order valence-corrected chi connectivity index (χ2v) is 7.64. The lowest BCUT2D eigenvalue weighted by Gasteiger charge is -2.43. The topological polar surface area (TPSA) is 12.0 Å². The third-order valence-electron chi connectivity index (χ3n) is 5.36. The molecule has 17 heavy (non-hydrogen) atoms. The highest BCUT2D eigenvalue weighted by atomic mass is 32.1. The molecule has 0 spiro atoms. The molecule has 1 N–H and O–H groups in total. The Morgan fingerprint density at radius 3 is 2.82 bits per heavy atom. The molecule has 1 aromatic heterocycles. The van der Waals surface area contributed by atoms with Crippen LogP contribution < -0.4 is 5.32 Å². The van der Waals surface area contributed by atoms with Gasteiger partial charge in [-0.25, -0.2) is 0 Å². The van der Waals surface area contributed by atoms with Crippen LogP contribution in [-0.4, -0.2) is 6.04 Å². The van der Waals surface area contributed by atoms with E-state index in [0.29, 0.717) is 16.9 Å². The molecule has 3 rings (SSSR count). The second kappa shape index (κ2) is 3.83. The SMILES string of the molecule is CC1(C)C(NCc2ccsc2)[C@]2(C)CC[C@H]1C2. The molecule has 3 atom stereocenters. The van der Waals surface area contributed by atoms with Crippen molar-refractivity contribution in [2.45, 2.75) is 52.6 Å². The summed E-state index contributed by atoms with van der Waals surface area (Å²) >= 11 is 1.80. The van der Waals surface area contributed by atoms with Crippen LogP contribution in [0.25, 0.3) is 0 Å². The summed E-state index contributed by atoms with van der Waals surface area (Å²) in [6.07, 6.45) is 4.30. The first-order chi connectivity index (χ1) is 8.02. The lowest BCUT2D eigenvalue weighted by atomic mass is 9.68. The Labute approximate surface area is 109 Å². The molecule has 0 aliphatic heterocycles. The van der Waals surface area contributed by atoms with Gasteiger partial charge in [-0.2, -0.15) is 11.3 Å². The van der Waals surface area contributed by atoms with E-state index in [1.165, 1.54) is 24.8 Å². The molecule has 1 unspecified atom stereocenters. The molecule has 2 aliphatic carbocycles. The number of rotatable bonds is 3. The summed E-state index contributed by atoms with van der Waals surface area (Å²) in [7, 11) is 0. The van der Waals surface area contributed by atoms with Gasteiger partial charge in [0.2, 0.25) is 0 Å². The average Bonchev–Trinajstić information content (AvgIpc) is 2.90. The van der Waals surface area contributed by atoms with E-state index in [1.807, 2.05) is 0 Å². The highest BCUT2D eigenvalue weighted by molar-refractivity contribution is 7.07. The third-order valence-corrected chi connectivity index (χ3v) is 6.09. The molecular formula is C15H23NS. The molecule has 2 saturated carbocycles. The predicted octanol–water partition coefficient (Wildman–Crippen LogP) is 4.05. The quantitative estimate of drug-likeness (QED) is 0.852. The fraction of sp³-hybridized carbons (Fsp3) is 0.733. The van der Waals surface area contributed by atoms with Gasteiger partial charge >= 0.3 is 0 Å². The van der Waals surface area contributed by atoms with E-state index in [1.54, 1.807) is 11.3 Å². The minimum Gasteiger partial charge on any atom is -0.309 e. The van der Waals surface area contributed by atoms with Crippen molar-refractivity contribution in [2.24, 2.45) is 16.7 Å². The smallest absolute Gasteiger partial charge is 0.0216 e. The van der Waals surface area contributed by atoms with Gasteiger partial charge in [0, 0.05) is 12.6 Å². The summed E-state index contributed by atoms with van der Waals surface area (Å²) < 4.78 is 0. The van der Waals surface area contributed by atoms with Gasteiger partial charge in [-0.3, -0.25) is 0 Å². The van der Waals surface area contributed by atoms with Gasteiger partial charge < -0.3 is 5.32 Å². The van der Waals surface area contributed by atoms with Gasteiger partial charge in [-0.1, -0.05) is 20.8 Å². The van der Waals surface area contributed by atoms with Crippen LogP contribution >= 0.6 is 11.3 Å². The number of hydrogen-bond donors (Lipinski definition) is 1. The van der Waals surface area contributed by atoms with Crippen LogP contribution in [0, 0.1) is 16.7 Å². The summed E-state index contributed by atoms with van der Waals surface area (Å²) in [6.45, 7) is 8.47. The van der Waals surface area contributed by atoms with E-state index in [2.05, 4.69) is 42.9 Å². The van der Waals surface area contributed by atoms with Gasteiger partial charge in [-0.15, -0.1) is 0 Å². The molecule has 1 nitrogen and oxygen atoms in total. The van der Waals surface area contributed by atoms with Gasteiger partial charge in [0.15, 0.2) is 0 Å². The minimum absolute atomic E-state index is 0.475. The number of thiophene rings is 1. The van der Waals surface area contributed by atoms with Crippen LogP contribution in [0.1, 0.15) is 45.6 Å². The Hall–Kier alpha value is -0.340. The van der Waals surface area contributed by atoms with Crippen molar-refractivity contribution in [1.29, 1.82) is 0 Å². The van der Waals surface area contributed by atoms with Crippen molar-refractivity contribution >= 4 is 11.3 Å². The normalized spacial score (nSPS) is 38.8. The lowest BCUT2D eigenvalue weighted by Crippen LogP contribution is -2.49. The fourth-order valence-electron chi connectivity index (χ4n) is 4.42. The first kappa shape index (κ1) is 11.7. The molecule has 1 heterocycles.